The number of carbonyl (C=O) groups excluding carboxylic acids is 1. The Bertz CT molecular complexity index is 957. The number of amides is 1. The lowest BCUT2D eigenvalue weighted by molar-refractivity contribution is -0.385. The monoisotopic (exact) mass is 426 g/mol. The number of likely N-dealkylation sites (N-methyl/N-ethyl adjacent to an activating group) is 1. The van der Waals surface area contributed by atoms with E-state index < -0.39 is 10.7 Å². The highest BCUT2D eigenvalue weighted by atomic mass is 35.5. The minimum Gasteiger partial charge on any atom is -0.335 e. The number of nitro groups is 1. The van der Waals surface area contributed by atoms with Crippen LogP contribution < -0.4 is 0 Å². The van der Waals surface area contributed by atoms with Crippen LogP contribution in [0.4, 0.5) is 10.1 Å². The van der Waals surface area contributed by atoms with Gasteiger partial charge in [0.15, 0.2) is 0 Å². The Kier molecular flexibility index (Phi) is 5.83. The average Bonchev–Trinajstić information content (AvgIpc) is 2.65. The molecule has 0 saturated carbocycles. The summed E-state index contributed by atoms with van der Waals surface area (Å²) in [5.74, 6) is -0.950. The fraction of sp³-hybridized carbons (Fsp3) is 0.333. The van der Waals surface area contributed by atoms with Gasteiger partial charge in [0.1, 0.15) is 12.0 Å². The van der Waals surface area contributed by atoms with Crippen molar-refractivity contribution in [2.45, 2.75) is 13.0 Å². The maximum Gasteiger partial charge on any atom is 0.288 e. The van der Waals surface area contributed by atoms with Crippen molar-refractivity contribution in [3.8, 4) is 0 Å². The molecule has 1 aromatic carbocycles. The van der Waals surface area contributed by atoms with E-state index in [0.29, 0.717) is 29.4 Å². The summed E-state index contributed by atoms with van der Waals surface area (Å²) < 4.78 is 14.0. The van der Waals surface area contributed by atoms with Gasteiger partial charge >= 0.3 is 0 Å². The number of piperazine rings is 1. The molecule has 10 heteroatoms. The summed E-state index contributed by atoms with van der Waals surface area (Å²) in [6, 6.07) is 3.51. The quantitative estimate of drug-likeness (QED) is 0.422. The number of hydrogen-bond acceptors (Lipinski definition) is 5. The summed E-state index contributed by atoms with van der Waals surface area (Å²) >= 11 is 12.0. The van der Waals surface area contributed by atoms with Crippen LogP contribution in [-0.2, 0) is 0 Å². The highest BCUT2D eigenvalue weighted by Gasteiger charge is 2.32. The third-order valence-electron chi connectivity index (χ3n) is 4.85. The van der Waals surface area contributed by atoms with Gasteiger partial charge < -0.3 is 4.90 Å². The summed E-state index contributed by atoms with van der Waals surface area (Å²) in [7, 11) is 1.86. The number of aryl methyl sites for hydroxylation is 1. The lowest BCUT2D eigenvalue weighted by Crippen LogP contribution is -2.49. The van der Waals surface area contributed by atoms with Gasteiger partial charge in [0, 0.05) is 30.7 Å². The molecule has 0 bridgehead atoms. The summed E-state index contributed by atoms with van der Waals surface area (Å²) in [5, 5.41) is 11.3. The molecular weight excluding hydrogens is 410 g/mol. The zero-order chi connectivity index (χ0) is 20.6. The van der Waals surface area contributed by atoms with Gasteiger partial charge in [0.2, 0.25) is 0 Å². The fourth-order valence-electron chi connectivity index (χ4n) is 3.20. The fourth-order valence-corrected chi connectivity index (χ4v) is 3.71. The molecule has 0 spiro atoms. The van der Waals surface area contributed by atoms with Gasteiger partial charge in [0.05, 0.1) is 27.2 Å². The maximum absolute atomic E-state index is 14.0. The molecular formula is C18H17Cl2FN4O3. The van der Waals surface area contributed by atoms with Gasteiger partial charge in [-0.2, -0.15) is 0 Å². The first-order valence-electron chi connectivity index (χ1n) is 8.44. The minimum absolute atomic E-state index is 0.0709. The number of aromatic nitrogens is 1. The van der Waals surface area contributed by atoms with Crippen LogP contribution in [0.1, 0.15) is 27.7 Å². The first-order chi connectivity index (χ1) is 13.2. The van der Waals surface area contributed by atoms with Crippen LogP contribution in [0, 0.1) is 22.9 Å². The number of halogens is 3. The van der Waals surface area contributed by atoms with E-state index in [-0.39, 0.29) is 34.8 Å². The second-order valence-corrected chi connectivity index (χ2v) is 7.43. The molecule has 1 aliphatic rings. The topological polar surface area (TPSA) is 79.6 Å². The number of benzene rings is 1. The zero-order valence-corrected chi connectivity index (χ0v) is 16.7. The standard InChI is InChI=1S/C18H17Cl2FN4O3/c1-10-12(5-11(8-22-10)25(27)28)18(26)24-4-3-23(2)17(9-24)13-6-16(21)15(20)7-14(13)19/h5-8,17H,3-4,9H2,1-2H3. The van der Waals surface area contributed by atoms with E-state index in [4.69, 9.17) is 23.2 Å². The van der Waals surface area contributed by atoms with Gasteiger partial charge in [-0.3, -0.25) is 24.8 Å². The second kappa shape index (κ2) is 7.98. The van der Waals surface area contributed by atoms with Crippen LogP contribution >= 0.6 is 23.2 Å². The Morgan fingerprint density at radius 1 is 1.29 bits per heavy atom. The van der Waals surface area contributed by atoms with Crippen molar-refractivity contribution < 1.29 is 14.1 Å². The van der Waals surface area contributed by atoms with Crippen LogP contribution in [0.5, 0.6) is 0 Å². The Morgan fingerprint density at radius 2 is 2.00 bits per heavy atom. The van der Waals surface area contributed by atoms with Crippen molar-refractivity contribution in [1.82, 2.24) is 14.8 Å². The van der Waals surface area contributed by atoms with Crippen molar-refractivity contribution in [2.24, 2.45) is 0 Å². The maximum atomic E-state index is 14.0. The lowest BCUT2D eigenvalue weighted by Gasteiger charge is -2.40. The van der Waals surface area contributed by atoms with E-state index in [1.54, 1.807) is 11.8 Å². The average molecular weight is 427 g/mol. The summed E-state index contributed by atoms with van der Waals surface area (Å²) in [5.41, 5.74) is 0.854. The largest absolute Gasteiger partial charge is 0.335 e. The molecule has 3 rings (SSSR count). The van der Waals surface area contributed by atoms with Crippen LogP contribution in [0.2, 0.25) is 10.0 Å². The molecule has 1 aromatic heterocycles. The molecule has 0 N–H and O–H groups in total. The SMILES string of the molecule is Cc1ncc([N+](=O)[O-])cc1C(=O)N1CCN(C)C(c2cc(F)c(Cl)cc2Cl)C1. The number of pyridine rings is 1. The van der Waals surface area contributed by atoms with Crippen LogP contribution in [0.3, 0.4) is 0 Å². The molecule has 1 fully saturated rings. The predicted octanol–water partition coefficient (Wildman–Crippen LogP) is 3.87. The van der Waals surface area contributed by atoms with Gasteiger partial charge in [0.25, 0.3) is 11.6 Å². The predicted molar refractivity (Wildman–Crippen MR) is 103 cm³/mol. The van der Waals surface area contributed by atoms with Gasteiger partial charge in [-0.15, -0.1) is 0 Å². The first-order valence-corrected chi connectivity index (χ1v) is 9.19. The first kappa shape index (κ1) is 20.4. The highest BCUT2D eigenvalue weighted by molar-refractivity contribution is 6.35. The number of rotatable bonds is 3. The van der Waals surface area contributed by atoms with E-state index >= 15 is 0 Å². The van der Waals surface area contributed by atoms with E-state index in [9.17, 15) is 19.3 Å². The molecule has 1 saturated heterocycles. The van der Waals surface area contributed by atoms with Crippen molar-refractivity contribution in [1.29, 1.82) is 0 Å². The molecule has 148 valence electrons. The van der Waals surface area contributed by atoms with Crippen LogP contribution in [0.15, 0.2) is 24.4 Å². The Hall–Kier alpha value is -2.29. The molecule has 2 heterocycles. The normalized spacial score (nSPS) is 17.6. The summed E-state index contributed by atoms with van der Waals surface area (Å²) in [6.07, 6.45) is 1.12. The molecule has 0 aliphatic carbocycles. The highest BCUT2D eigenvalue weighted by Crippen LogP contribution is 2.33. The zero-order valence-electron chi connectivity index (χ0n) is 15.2. The Balaban J connectivity index is 1.91. The minimum atomic E-state index is -0.591. The van der Waals surface area contributed by atoms with E-state index in [1.807, 2.05) is 11.9 Å². The molecule has 0 radical (unpaired) electrons. The molecule has 28 heavy (non-hydrogen) atoms. The van der Waals surface area contributed by atoms with Crippen molar-refractivity contribution in [3.05, 3.63) is 67.2 Å². The Morgan fingerprint density at radius 3 is 2.68 bits per heavy atom. The smallest absolute Gasteiger partial charge is 0.288 e. The number of hydrogen-bond donors (Lipinski definition) is 0. The molecule has 1 unspecified atom stereocenters. The molecule has 7 nitrogen and oxygen atoms in total. The summed E-state index contributed by atoms with van der Waals surface area (Å²) in [6.45, 7) is 2.81. The number of nitrogens with zero attached hydrogens (tertiary/aromatic N) is 4. The molecule has 1 aliphatic heterocycles. The van der Waals surface area contributed by atoms with Crippen molar-refractivity contribution >= 4 is 34.8 Å². The Labute approximate surface area is 170 Å². The lowest BCUT2D eigenvalue weighted by atomic mass is 10.0. The van der Waals surface area contributed by atoms with Crippen molar-refractivity contribution in [2.75, 3.05) is 26.7 Å². The van der Waals surface area contributed by atoms with Gasteiger partial charge in [-0.1, -0.05) is 23.2 Å². The number of carbonyl (C=O) groups is 1. The van der Waals surface area contributed by atoms with Crippen LogP contribution in [0.25, 0.3) is 0 Å². The third-order valence-corrected chi connectivity index (χ3v) is 5.46. The summed E-state index contributed by atoms with van der Waals surface area (Å²) in [4.78, 5) is 30.9. The second-order valence-electron chi connectivity index (χ2n) is 6.62. The molecule has 2 aromatic rings. The molecule has 1 amide bonds. The van der Waals surface area contributed by atoms with Gasteiger partial charge in [-0.25, -0.2) is 4.39 Å². The van der Waals surface area contributed by atoms with E-state index in [0.717, 1.165) is 6.20 Å². The van der Waals surface area contributed by atoms with Crippen molar-refractivity contribution in [3.63, 3.8) is 0 Å². The van der Waals surface area contributed by atoms with Gasteiger partial charge in [-0.05, 0) is 31.7 Å². The third kappa shape index (κ3) is 3.94. The van der Waals surface area contributed by atoms with Crippen LogP contribution in [-0.4, -0.2) is 52.3 Å². The molecule has 1 atom stereocenters. The van der Waals surface area contributed by atoms with E-state index in [1.165, 1.54) is 18.2 Å². The van der Waals surface area contributed by atoms with E-state index in [2.05, 4.69) is 4.98 Å².